The second kappa shape index (κ2) is 7.53. The van der Waals surface area contributed by atoms with Gasteiger partial charge in [0.15, 0.2) is 0 Å². The zero-order valence-corrected chi connectivity index (χ0v) is 11.8. The highest BCUT2D eigenvalue weighted by atomic mass is 16.3. The monoisotopic (exact) mass is 266 g/mol. The molecule has 1 rings (SSSR count). The Hall–Kier alpha value is -1.88. The number of rotatable bonds is 2. The fraction of sp³-hybridized carbons (Fsp3) is 0.429. The highest BCUT2D eigenvalue weighted by Gasteiger charge is 2.27. The average molecular weight is 266 g/mol. The summed E-state index contributed by atoms with van der Waals surface area (Å²) in [6, 6.07) is 7.16. The highest BCUT2D eigenvalue weighted by Crippen LogP contribution is 2.20. The molecule has 1 atom stereocenters. The number of benzene rings is 1. The minimum absolute atomic E-state index is 0.137. The van der Waals surface area contributed by atoms with Gasteiger partial charge in [-0.05, 0) is 24.0 Å². The molecule has 0 fully saturated rings. The maximum Gasteiger partial charge on any atom is 0.290 e. The van der Waals surface area contributed by atoms with Gasteiger partial charge in [-0.15, -0.1) is 0 Å². The lowest BCUT2D eigenvalue weighted by molar-refractivity contribution is -0.123. The summed E-state index contributed by atoms with van der Waals surface area (Å²) in [4.78, 5) is 20.2. The molecule has 5 nitrogen and oxygen atoms in total. The molecule has 0 bridgehead atoms. The van der Waals surface area contributed by atoms with Crippen molar-refractivity contribution in [3.05, 3.63) is 29.8 Å². The van der Waals surface area contributed by atoms with E-state index < -0.39 is 6.04 Å². The van der Waals surface area contributed by atoms with E-state index in [2.05, 4.69) is 5.32 Å². The quantitative estimate of drug-likeness (QED) is 0.714. The van der Waals surface area contributed by atoms with Gasteiger partial charge >= 0.3 is 0 Å². The van der Waals surface area contributed by atoms with Gasteiger partial charge < -0.3 is 16.2 Å². The number of hydrogen-bond acceptors (Lipinski definition) is 3. The van der Waals surface area contributed by atoms with Gasteiger partial charge in [0.25, 0.3) is 6.47 Å². The van der Waals surface area contributed by atoms with Crippen molar-refractivity contribution in [2.45, 2.75) is 33.7 Å². The lowest BCUT2D eigenvalue weighted by atomic mass is 9.87. The first kappa shape index (κ1) is 17.1. The van der Waals surface area contributed by atoms with Crippen LogP contribution in [-0.2, 0) is 9.59 Å². The fourth-order valence-corrected chi connectivity index (χ4v) is 1.32. The summed E-state index contributed by atoms with van der Waals surface area (Å²) in [5, 5.41) is 9.74. The summed E-state index contributed by atoms with van der Waals surface area (Å²) in [6.45, 7) is 7.57. The van der Waals surface area contributed by atoms with E-state index in [0.29, 0.717) is 0 Å². The molecule has 1 aromatic carbocycles. The van der Waals surface area contributed by atoms with E-state index in [1.54, 1.807) is 0 Å². The van der Waals surface area contributed by atoms with Crippen LogP contribution in [0.15, 0.2) is 24.3 Å². The molecular formula is C14H22N2O3. The molecule has 5 heteroatoms. The summed E-state index contributed by atoms with van der Waals surface area (Å²) in [5.41, 5.74) is 7.52. The Morgan fingerprint density at radius 2 is 1.84 bits per heavy atom. The van der Waals surface area contributed by atoms with Crippen LogP contribution in [0.25, 0.3) is 0 Å². The van der Waals surface area contributed by atoms with E-state index in [-0.39, 0.29) is 17.8 Å². The third-order valence-electron chi connectivity index (χ3n) is 2.62. The van der Waals surface area contributed by atoms with E-state index in [9.17, 15) is 4.79 Å². The minimum atomic E-state index is -0.507. The molecule has 0 aliphatic carbocycles. The van der Waals surface area contributed by atoms with E-state index in [1.807, 2.05) is 52.0 Å². The number of nitrogens with two attached hydrogens (primary N) is 1. The van der Waals surface area contributed by atoms with Crippen molar-refractivity contribution in [3.63, 3.8) is 0 Å². The first-order valence-corrected chi connectivity index (χ1v) is 5.94. The Kier molecular flexibility index (Phi) is 6.79. The number of carboxylic acid groups (broad SMARTS) is 1. The van der Waals surface area contributed by atoms with E-state index in [1.165, 1.54) is 0 Å². The van der Waals surface area contributed by atoms with Crippen LogP contribution in [0.5, 0.6) is 0 Å². The summed E-state index contributed by atoms with van der Waals surface area (Å²) in [5.74, 6) is -0.137. The zero-order chi connectivity index (χ0) is 15.1. The Labute approximate surface area is 113 Å². The van der Waals surface area contributed by atoms with E-state index >= 15 is 0 Å². The summed E-state index contributed by atoms with van der Waals surface area (Å²) in [7, 11) is 0. The van der Waals surface area contributed by atoms with Gasteiger partial charge in [0, 0.05) is 5.69 Å². The number of carbonyl (C=O) groups is 2. The van der Waals surface area contributed by atoms with Crippen LogP contribution in [0.2, 0.25) is 0 Å². The summed E-state index contributed by atoms with van der Waals surface area (Å²) >= 11 is 0. The van der Waals surface area contributed by atoms with Gasteiger partial charge in [0.1, 0.15) is 0 Å². The molecule has 1 amide bonds. The molecule has 19 heavy (non-hydrogen) atoms. The molecule has 0 spiro atoms. The zero-order valence-electron chi connectivity index (χ0n) is 11.8. The highest BCUT2D eigenvalue weighted by molar-refractivity contribution is 5.95. The summed E-state index contributed by atoms with van der Waals surface area (Å²) < 4.78 is 0. The number of aryl methyl sites for hydroxylation is 1. The molecule has 0 saturated carbocycles. The minimum Gasteiger partial charge on any atom is -0.483 e. The van der Waals surface area contributed by atoms with Crippen molar-refractivity contribution in [1.82, 2.24) is 0 Å². The van der Waals surface area contributed by atoms with Crippen molar-refractivity contribution < 1.29 is 14.7 Å². The molecule has 0 saturated heterocycles. The first-order valence-electron chi connectivity index (χ1n) is 5.94. The number of anilines is 1. The Morgan fingerprint density at radius 1 is 1.37 bits per heavy atom. The van der Waals surface area contributed by atoms with Gasteiger partial charge in [-0.25, -0.2) is 0 Å². The van der Waals surface area contributed by atoms with Crippen LogP contribution in [0.1, 0.15) is 26.3 Å². The largest absolute Gasteiger partial charge is 0.483 e. The van der Waals surface area contributed by atoms with Gasteiger partial charge in [-0.2, -0.15) is 0 Å². The molecule has 0 radical (unpaired) electrons. The van der Waals surface area contributed by atoms with Crippen LogP contribution in [0.4, 0.5) is 5.69 Å². The molecule has 0 aliphatic rings. The SMILES string of the molecule is Cc1ccccc1NC(=O)C(N)C(C)(C)C.O=CO. The maximum atomic E-state index is 11.9. The predicted molar refractivity (Wildman–Crippen MR) is 75.9 cm³/mol. The van der Waals surface area contributed by atoms with Gasteiger partial charge in [-0.3, -0.25) is 9.59 Å². The second-order valence-corrected chi connectivity index (χ2v) is 5.25. The number of amides is 1. The van der Waals surface area contributed by atoms with Crippen molar-refractivity contribution >= 4 is 18.1 Å². The Morgan fingerprint density at radius 3 is 2.26 bits per heavy atom. The second-order valence-electron chi connectivity index (χ2n) is 5.25. The van der Waals surface area contributed by atoms with E-state index in [4.69, 9.17) is 15.6 Å². The Bertz CT molecular complexity index is 425. The number of hydrogen-bond donors (Lipinski definition) is 3. The van der Waals surface area contributed by atoms with Gasteiger partial charge in [0.05, 0.1) is 6.04 Å². The lowest BCUT2D eigenvalue weighted by Crippen LogP contribution is -2.45. The van der Waals surface area contributed by atoms with E-state index in [0.717, 1.165) is 11.3 Å². The van der Waals surface area contributed by atoms with Crippen LogP contribution < -0.4 is 11.1 Å². The molecule has 1 unspecified atom stereocenters. The maximum absolute atomic E-state index is 11.9. The number of para-hydroxylation sites is 1. The predicted octanol–water partition coefficient (Wildman–Crippen LogP) is 2.01. The lowest BCUT2D eigenvalue weighted by Gasteiger charge is -2.26. The van der Waals surface area contributed by atoms with Crippen molar-refractivity contribution in [2.75, 3.05) is 5.32 Å². The topological polar surface area (TPSA) is 92.4 Å². The molecule has 4 N–H and O–H groups in total. The van der Waals surface area contributed by atoms with Crippen molar-refractivity contribution in [3.8, 4) is 0 Å². The number of nitrogens with one attached hydrogen (secondary N) is 1. The van der Waals surface area contributed by atoms with Crippen molar-refractivity contribution in [1.29, 1.82) is 0 Å². The standard InChI is InChI=1S/C13H20N2O.CH2O2/c1-9-7-5-6-8-10(9)15-12(16)11(14)13(2,3)4;2-1-3/h5-8,11H,14H2,1-4H3,(H,15,16);1H,(H,2,3). The van der Waals surface area contributed by atoms with Gasteiger partial charge in [-0.1, -0.05) is 39.0 Å². The summed E-state index contributed by atoms with van der Waals surface area (Å²) in [6.07, 6.45) is 0. The van der Waals surface area contributed by atoms with Crippen LogP contribution in [0, 0.1) is 12.3 Å². The normalized spacial score (nSPS) is 11.8. The third kappa shape index (κ3) is 6.01. The molecule has 0 aromatic heterocycles. The average Bonchev–Trinajstić information content (AvgIpc) is 2.31. The van der Waals surface area contributed by atoms with Gasteiger partial charge in [0.2, 0.25) is 5.91 Å². The molecule has 1 aromatic rings. The van der Waals surface area contributed by atoms with Crippen LogP contribution in [0.3, 0.4) is 0 Å². The Balaban J connectivity index is 0.000000982. The smallest absolute Gasteiger partial charge is 0.290 e. The number of carbonyl (C=O) groups excluding carboxylic acids is 1. The molecule has 0 aliphatic heterocycles. The van der Waals surface area contributed by atoms with Crippen LogP contribution in [-0.4, -0.2) is 23.5 Å². The molecule has 106 valence electrons. The fourth-order valence-electron chi connectivity index (χ4n) is 1.32. The third-order valence-corrected chi connectivity index (χ3v) is 2.62. The van der Waals surface area contributed by atoms with Crippen molar-refractivity contribution in [2.24, 2.45) is 11.1 Å². The molecular weight excluding hydrogens is 244 g/mol. The van der Waals surface area contributed by atoms with Crippen LogP contribution >= 0.6 is 0 Å². The first-order chi connectivity index (χ1) is 8.73. The molecule has 0 heterocycles.